The van der Waals surface area contributed by atoms with Crippen molar-refractivity contribution in [3.63, 3.8) is 0 Å². The van der Waals surface area contributed by atoms with Gasteiger partial charge in [-0.3, -0.25) is 9.59 Å². The molecule has 1 saturated carbocycles. The first-order valence-electron chi connectivity index (χ1n) is 10.6. The molecule has 0 bridgehead atoms. The van der Waals surface area contributed by atoms with Crippen LogP contribution in [0.1, 0.15) is 63.5 Å². The summed E-state index contributed by atoms with van der Waals surface area (Å²) in [6.45, 7) is 3.47. The SMILES string of the molecule is CCOCCCN(C(=O)CCl)C(C(=O)NC1CCCCCC1)c1ccc(Cl)cc1. The highest BCUT2D eigenvalue weighted by atomic mass is 35.5. The second-order valence-electron chi connectivity index (χ2n) is 7.42. The second kappa shape index (κ2) is 13.1. The van der Waals surface area contributed by atoms with Crippen LogP contribution in [0.25, 0.3) is 0 Å². The van der Waals surface area contributed by atoms with Crippen molar-refractivity contribution < 1.29 is 14.3 Å². The molecule has 2 amide bonds. The molecular formula is C22H32Cl2N2O3. The Bertz CT molecular complexity index is 631. The van der Waals surface area contributed by atoms with E-state index in [4.69, 9.17) is 27.9 Å². The van der Waals surface area contributed by atoms with Crippen molar-refractivity contribution in [3.05, 3.63) is 34.9 Å². The molecule has 0 heterocycles. The Morgan fingerprint density at radius 1 is 1.17 bits per heavy atom. The maximum absolute atomic E-state index is 13.3. The van der Waals surface area contributed by atoms with Gasteiger partial charge < -0.3 is 15.0 Å². The predicted molar refractivity (Wildman–Crippen MR) is 117 cm³/mol. The zero-order valence-corrected chi connectivity index (χ0v) is 18.7. The number of ether oxygens (including phenoxy) is 1. The van der Waals surface area contributed by atoms with E-state index >= 15 is 0 Å². The van der Waals surface area contributed by atoms with Crippen molar-refractivity contribution in [1.82, 2.24) is 10.2 Å². The molecule has 1 N–H and O–H groups in total. The minimum Gasteiger partial charge on any atom is -0.382 e. The Morgan fingerprint density at radius 3 is 2.41 bits per heavy atom. The third-order valence-corrected chi connectivity index (χ3v) is 5.75. The van der Waals surface area contributed by atoms with Crippen LogP contribution in [0.4, 0.5) is 0 Å². The first-order chi connectivity index (χ1) is 14.1. The maximum Gasteiger partial charge on any atom is 0.247 e. The molecule has 0 spiro atoms. The maximum atomic E-state index is 13.3. The van der Waals surface area contributed by atoms with Gasteiger partial charge in [-0.2, -0.15) is 0 Å². The highest BCUT2D eigenvalue weighted by Gasteiger charge is 2.32. The summed E-state index contributed by atoms with van der Waals surface area (Å²) in [4.78, 5) is 27.6. The number of rotatable bonds is 10. The summed E-state index contributed by atoms with van der Waals surface area (Å²) in [6, 6.07) is 6.51. The number of carbonyl (C=O) groups excluding carboxylic acids is 2. The third-order valence-electron chi connectivity index (χ3n) is 5.27. The van der Waals surface area contributed by atoms with E-state index in [1.165, 1.54) is 12.8 Å². The van der Waals surface area contributed by atoms with E-state index < -0.39 is 6.04 Å². The molecule has 7 heteroatoms. The minimum atomic E-state index is -0.733. The van der Waals surface area contributed by atoms with Crippen molar-refractivity contribution in [3.8, 4) is 0 Å². The molecule has 0 saturated heterocycles. The van der Waals surface area contributed by atoms with Gasteiger partial charge in [0.25, 0.3) is 0 Å². The molecular weight excluding hydrogens is 411 g/mol. The number of hydrogen-bond donors (Lipinski definition) is 1. The lowest BCUT2D eigenvalue weighted by Crippen LogP contribution is -2.47. The Labute approximate surface area is 184 Å². The fourth-order valence-electron chi connectivity index (χ4n) is 3.78. The van der Waals surface area contributed by atoms with Gasteiger partial charge in [-0.25, -0.2) is 0 Å². The summed E-state index contributed by atoms with van der Waals surface area (Å²) in [6.07, 6.45) is 7.25. The number of alkyl halides is 1. The summed E-state index contributed by atoms with van der Waals surface area (Å²) in [5.74, 6) is -0.594. The van der Waals surface area contributed by atoms with Gasteiger partial charge in [0.05, 0.1) is 0 Å². The number of carbonyl (C=O) groups is 2. The van der Waals surface area contributed by atoms with Crippen LogP contribution in [-0.4, -0.2) is 48.4 Å². The van der Waals surface area contributed by atoms with Crippen LogP contribution in [-0.2, 0) is 14.3 Å². The third kappa shape index (κ3) is 7.80. The highest BCUT2D eigenvalue weighted by molar-refractivity contribution is 6.30. The van der Waals surface area contributed by atoms with Gasteiger partial charge in [0, 0.05) is 30.8 Å². The minimum absolute atomic E-state index is 0.149. The first-order valence-corrected chi connectivity index (χ1v) is 11.5. The van der Waals surface area contributed by atoms with E-state index in [2.05, 4.69) is 5.32 Å². The Hall–Kier alpha value is -1.30. The molecule has 1 unspecified atom stereocenters. The zero-order chi connectivity index (χ0) is 21.1. The molecule has 0 aromatic heterocycles. The number of nitrogens with one attached hydrogen (secondary N) is 1. The number of hydrogen-bond acceptors (Lipinski definition) is 3. The van der Waals surface area contributed by atoms with Gasteiger partial charge in [0.1, 0.15) is 11.9 Å². The molecule has 0 aliphatic heterocycles. The molecule has 2 rings (SSSR count). The Balaban J connectivity index is 2.23. The molecule has 1 aliphatic carbocycles. The highest BCUT2D eigenvalue weighted by Crippen LogP contribution is 2.25. The fourth-order valence-corrected chi connectivity index (χ4v) is 4.06. The molecule has 1 fully saturated rings. The van der Waals surface area contributed by atoms with Gasteiger partial charge in [0.15, 0.2) is 0 Å². The van der Waals surface area contributed by atoms with Crippen LogP contribution in [0.15, 0.2) is 24.3 Å². The molecule has 1 aromatic rings. The molecule has 1 atom stereocenters. The predicted octanol–water partition coefficient (Wildman–Crippen LogP) is 4.71. The summed E-state index contributed by atoms with van der Waals surface area (Å²) in [5, 5.41) is 3.78. The lowest BCUT2D eigenvalue weighted by molar-refractivity contribution is -0.139. The van der Waals surface area contributed by atoms with Crippen LogP contribution < -0.4 is 5.32 Å². The van der Waals surface area contributed by atoms with Gasteiger partial charge in [0.2, 0.25) is 11.8 Å². The number of amides is 2. The normalized spacial score (nSPS) is 16.1. The molecule has 1 aliphatic rings. The van der Waals surface area contributed by atoms with E-state index in [-0.39, 0.29) is 23.7 Å². The Morgan fingerprint density at radius 2 is 1.83 bits per heavy atom. The van der Waals surface area contributed by atoms with E-state index in [0.717, 1.165) is 31.2 Å². The van der Waals surface area contributed by atoms with E-state index in [1.54, 1.807) is 29.2 Å². The zero-order valence-electron chi connectivity index (χ0n) is 17.2. The summed E-state index contributed by atoms with van der Waals surface area (Å²) in [5.41, 5.74) is 0.732. The molecule has 162 valence electrons. The summed E-state index contributed by atoms with van der Waals surface area (Å²) in [7, 11) is 0. The standard InChI is InChI=1S/C22H32Cl2N2O3/c1-2-29-15-7-14-26(20(27)16-23)21(17-10-12-18(24)13-11-17)22(28)25-19-8-5-3-4-6-9-19/h10-13,19,21H,2-9,14-16H2,1H3,(H,25,28). The largest absolute Gasteiger partial charge is 0.382 e. The molecule has 1 aromatic carbocycles. The van der Waals surface area contributed by atoms with Crippen LogP contribution in [0.3, 0.4) is 0 Å². The van der Waals surface area contributed by atoms with E-state index in [9.17, 15) is 9.59 Å². The molecule has 0 radical (unpaired) electrons. The molecule has 29 heavy (non-hydrogen) atoms. The fraction of sp³-hybridized carbons (Fsp3) is 0.636. The van der Waals surface area contributed by atoms with E-state index in [0.29, 0.717) is 31.2 Å². The van der Waals surface area contributed by atoms with Crippen molar-refractivity contribution >= 4 is 35.0 Å². The van der Waals surface area contributed by atoms with Crippen molar-refractivity contribution in [1.29, 1.82) is 0 Å². The number of halogens is 2. The van der Waals surface area contributed by atoms with Gasteiger partial charge >= 0.3 is 0 Å². The second-order valence-corrected chi connectivity index (χ2v) is 8.13. The topological polar surface area (TPSA) is 58.6 Å². The van der Waals surface area contributed by atoms with Gasteiger partial charge in [-0.05, 0) is 43.9 Å². The van der Waals surface area contributed by atoms with Gasteiger partial charge in [-0.1, -0.05) is 49.4 Å². The van der Waals surface area contributed by atoms with Crippen LogP contribution >= 0.6 is 23.2 Å². The Kier molecular flexibility index (Phi) is 10.8. The lowest BCUT2D eigenvalue weighted by Gasteiger charge is -2.32. The monoisotopic (exact) mass is 442 g/mol. The number of benzene rings is 1. The van der Waals surface area contributed by atoms with Gasteiger partial charge in [-0.15, -0.1) is 11.6 Å². The van der Waals surface area contributed by atoms with E-state index in [1.807, 2.05) is 6.92 Å². The smallest absolute Gasteiger partial charge is 0.247 e. The summed E-state index contributed by atoms with van der Waals surface area (Å²) >= 11 is 11.9. The molecule has 5 nitrogen and oxygen atoms in total. The lowest BCUT2D eigenvalue weighted by atomic mass is 10.0. The quantitative estimate of drug-likeness (QED) is 0.324. The van der Waals surface area contributed by atoms with Crippen molar-refractivity contribution in [2.45, 2.75) is 64.0 Å². The number of nitrogens with zero attached hydrogens (tertiary/aromatic N) is 1. The summed E-state index contributed by atoms with van der Waals surface area (Å²) < 4.78 is 5.41. The van der Waals surface area contributed by atoms with Crippen LogP contribution in [0.2, 0.25) is 5.02 Å². The first kappa shape index (κ1) is 24.0. The average molecular weight is 443 g/mol. The van der Waals surface area contributed by atoms with Crippen LogP contribution in [0, 0.1) is 0 Å². The van der Waals surface area contributed by atoms with Crippen LogP contribution in [0.5, 0.6) is 0 Å². The van der Waals surface area contributed by atoms with Crippen molar-refractivity contribution in [2.75, 3.05) is 25.6 Å². The van der Waals surface area contributed by atoms with Crippen molar-refractivity contribution in [2.24, 2.45) is 0 Å². The average Bonchev–Trinajstić information content (AvgIpc) is 2.99.